The fraction of sp³-hybridized carbons (Fsp3) is 0.133. The summed E-state index contributed by atoms with van der Waals surface area (Å²) >= 11 is 7.97. The topological polar surface area (TPSA) is 65.0 Å². The second-order valence-corrected chi connectivity index (χ2v) is 6.28. The van der Waals surface area contributed by atoms with Crippen molar-refractivity contribution in [2.24, 2.45) is 0 Å². The van der Waals surface area contributed by atoms with Crippen molar-refractivity contribution >= 4 is 33.0 Å². The molecule has 0 spiro atoms. The fourth-order valence-electron chi connectivity index (χ4n) is 2.36. The Labute approximate surface area is 134 Å². The van der Waals surface area contributed by atoms with Crippen molar-refractivity contribution in [2.45, 2.75) is 13.8 Å². The van der Waals surface area contributed by atoms with Crippen LogP contribution in [0, 0.1) is 13.8 Å². The van der Waals surface area contributed by atoms with Crippen LogP contribution in [0.25, 0.3) is 32.3 Å². The van der Waals surface area contributed by atoms with E-state index >= 15 is 0 Å². The van der Waals surface area contributed by atoms with Crippen molar-refractivity contribution in [3.8, 4) is 22.2 Å². The predicted octanol–water partition coefficient (Wildman–Crippen LogP) is 4.88. The van der Waals surface area contributed by atoms with E-state index in [0.717, 1.165) is 26.2 Å². The Morgan fingerprint density at radius 3 is 2.59 bits per heavy atom. The highest BCUT2D eigenvalue weighted by Gasteiger charge is 2.21. The van der Waals surface area contributed by atoms with Gasteiger partial charge in [0, 0.05) is 10.1 Å². The summed E-state index contributed by atoms with van der Waals surface area (Å²) < 4.78 is 12.0. The van der Waals surface area contributed by atoms with Crippen LogP contribution in [0.5, 0.6) is 0 Å². The van der Waals surface area contributed by atoms with Gasteiger partial charge in [-0.25, -0.2) is 0 Å². The van der Waals surface area contributed by atoms with Crippen LogP contribution in [-0.2, 0) is 0 Å². The first kappa shape index (κ1) is 13.5. The molecule has 4 rings (SSSR count). The van der Waals surface area contributed by atoms with E-state index in [9.17, 15) is 0 Å². The van der Waals surface area contributed by atoms with Crippen molar-refractivity contribution in [1.29, 1.82) is 0 Å². The highest BCUT2D eigenvalue weighted by atomic mass is 35.5. The zero-order valence-corrected chi connectivity index (χ0v) is 13.3. The van der Waals surface area contributed by atoms with Crippen LogP contribution < -0.4 is 0 Å². The summed E-state index contributed by atoms with van der Waals surface area (Å²) in [5.41, 5.74) is 1.45. The molecule has 0 N–H and O–H groups in total. The van der Waals surface area contributed by atoms with Gasteiger partial charge in [0.2, 0.25) is 0 Å². The lowest BCUT2D eigenvalue weighted by Crippen LogP contribution is -1.81. The van der Waals surface area contributed by atoms with Crippen molar-refractivity contribution < 1.29 is 8.94 Å². The Balaban J connectivity index is 1.85. The summed E-state index contributed by atoms with van der Waals surface area (Å²) in [4.78, 5) is 0.772. The molecule has 7 heteroatoms. The fourth-order valence-corrected chi connectivity index (χ4v) is 3.79. The molecule has 0 fully saturated rings. The highest BCUT2D eigenvalue weighted by molar-refractivity contribution is 7.23. The van der Waals surface area contributed by atoms with Crippen molar-refractivity contribution in [3.05, 3.63) is 40.7 Å². The smallest absolute Gasteiger partial charge is 0.259 e. The first-order valence-electron chi connectivity index (χ1n) is 6.59. The van der Waals surface area contributed by atoms with Gasteiger partial charge in [0.25, 0.3) is 11.8 Å². The third-order valence-corrected chi connectivity index (χ3v) is 5.06. The maximum absolute atomic E-state index is 6.44. The number of aryl methyl sites for hydroxylation is 2. The van der Waals surface area contributed by atoms with Crippen molar-refractivity contribution in [2.75, 3.05) is 0 Å². The molecule has 0 aliphatic carbocycles. The lowest BCUT2D eigenvalue weighted by Gasteiger charge is -1.92. The first-order valence-corrected chi connectivity index (χ1v) is 7.78. The second-order valence-electron chi connectivity index (χ2n) is 4.85. The van der Waals surface area contributed by atoms with Gasteiger partial charge in [-0.2, -0.15) is 0 Å². The third kappa shape index (κ3) is 1.95. The number of fused-ring (bicyclic) bond motifs is 1. The Kier molecular flexibility index (Phi) is 3.02. The van der Waals surface area contributed by atoms with Crippen molar-refractivity contribution in [3.63, 3.8) is 0 Å². The Hall–Kier alpha value is -2.18. The molecule has 0 bridgehead atoms. The normalized spacial score (nSPS) is 11.4. The predicted molar refractivity (Wildman–Crippen MR) is 85.1 cm³/mol. The number of rotatable bonds is 2. The van der Waals surface area contributed by atoms with E-state index in [1.807, 2.05) is 38.1 Å². The number of halogens is 1. The lowest BCUT2D eigenvalue weighted by atomic mass is 10.2. The molecule has 0 aliphatic rings. The maximum Gasteiger partial charge on any atom is 0.259 e. The van der Waals surface area contributed by atoms with Gasteiger partial charge in [-0.15, -0.1) is 21.5 Å². The number of aromatic nitrogens is 3. The van der Waals surface area contributed by atoms with Gasteiger partial charge in [0.1, 0.15) is 16.2 Å². The summed E-state index contributed by atoms with van der Waals surface area (Å²) in [6.45, 7) is 3.65. The van der Waals surface area contributed by atoms with Gasteiger partial charge in [0.15, 0.2) is 0 Å². The van der Waals surface area contributed by atoms with E-state index in [-0.39, 0.29) is 0 Å². The maximum atomic E-state index is 6.44. The molecule has 0 saturated heterocycles. The molecule has 22 heavy (non-hydrogen) atoms. The molecular weight excluding hydrogens is 322 g/mol. The van der Waals surface area contributed by atoms with E-state index < -0.39 is 0 Å². The van der Waals surface area contributed by atoms with Crippen LogP contribution in [0.3, 0.4) is 0 Å². The zero-order valence-electron chi connectivity index (χ0n) is 11.8. The monoisotopic (exact) mass is 331 g/mol. The average Bonchev–Trinajstić information content (AvgIpc) is 3.19. The Morgan fingerprint density at radius 1 is 1.09 bits per heavy atom. The number of hydrogen-bond donors (Lipinski definition) is 0. The minimum atomic E-state index is 0.389. The lowest BCUT2D eigenvalue weighted by molar-refractivity contribution is 0.393. The minimum Gasteiger partial charge on any atom is -0.415 e. The summed E-state index contributed by atoms with van der Waals surface area (Å²) in [5.74, 6) is 1.44. The van der Waals surface area contributed by atoms with Gasteiger partial charge < -0.3 is 8.94 Å². The van der Waals surface area contributed by atoms with Crippen LogP contribution in [0.2, 0.25) is 5.02 Å². The first-order chi connectivity index (χ1) is 10.6. The van der Waals surface area contributed by atoms with Crippen molar-refractivity contribution in [1.82, 2.24) is 15.4 Å². The molecule has 0 radical (unpaired) electrons. The standard InChI is InChI=1S/C15H10ClN3O2S/c1-7-11(8(2)21-19-7)14-17-18-15(20-14)13-12(16)9-5-3-4-6-10(9)22-13/h3-6H,1-2H3. The SMILES string of the molecule is Cc1noc(C)c1-c1nnc(-c2sc3ccccc3c2Cl)o1. The highest BCUT2D eigenvalue weighted by Crippen LogP contribution is 2.42. The molecule has 0 aliphatic heterocycles. The quantitative estimate of drug-likeness (QED) is 0.524. The van der Waals surface area contributed by atoms with Crippen LogP contribution in [0.15, 0.2) is 33.2 Å². The van der Waals surface area contributed by atoms with Gasteiger partial charge in [-0.05, 0) is 19.9 Å². The summed E-state index contributed by atoms with van der Waals surface area (Å²) in [7, 11) is 0. The van der Waals surface area contributed by atoms with E-state index in [2.05, 4.69) is 15.4 Å². The molecular formula is C15H10ClN3O2S. The summed E-state index contributed by atoms with van der Waals surface area (Å²) in [6, 6.07) is 7.92. The molecule has 110 valence electrons. The van der Waals surface area contributed by atoms with Crippen LogP contribution >= 0.6 is 22.9 Å². The molecule has 0 unspecified atom stereocenters. The van der Waals surface area contributed by atoms with Gasteiger partial charge in [-0.3, -0.25) is 0 Å². The van der Waals surface area contributed by atoms with E-state index in [4.69, 9.17) is 20.5 Å². The van der Waals surface area contributed by atoms with Crippen LogP contribution in [0.4, 0.5) is 0 Å². The second kappa shape index (κ2) is 4.93. The van der Waals surface area contributed by atoms with E-state index in [0.29, 0.717) is 22.6 Å². The number of nitrogens with zero attached hydrogens (tertiary/aromatic N) is 3. The molecule has 4 aromatic rings. The van der Waals surface area contributed by atoms with Gasteiger partial charge in [0.05, 0.1) is 10.7 Å². The van der Waals surface area contributed by atoms with E-state index in [1.165, 1.54) is 11.3 Å². The zero-order chi connectivity index (χ0) is 15.3. The molecule has 3 aromatic heterocycles. The summed E-state index contributed by atoms with van der Waals surface area (Å²) in [5, 5.41) is 13.7. The van der Waals surface area contributed by atoms with Crippen LogP contribution in [0.1, 0.15) is 11.5 Å². The average molecular weight is 332 g/mol. The van der Waals surface area contributed by atoms with E-state index in [1.54, 1.807) is 0 Å². The number of thiophene rings is 1. The van der Waals surface area contributed by atoms with Crippen LogP contribution in [-0.4, -0.2) is 15.4 Å². The van der Waals surface area contributed by atoms with Gasteiger partial charge >= 0.3 is 0 Å². The molecule has 1 aromatic carbocycles. The molecule has 0 atom stereocenters. The molecule has 5 nitrogen and oxygen atoms in total. The molecule has 3 heterocycles. The third-order valence-electron chi connectivity index (χ3n) is 3.40. The Morgan fingerprint density at radius 2 is 1.86 bits per heavy atom. The molecule has 0 saturated carbocycles. The number of hydrogen-bond acceptors (Lipinski definition) is 6. The Bertz CT molecular complexity index is 966. The molecule has 0 amide bonds. The largest absolute Gasteiger partial charge is 0.415 e. The number of benzene rings is 1. The van der Waals surface area contributed by atoms with Gasteiger partial charge in [-0.1, -0.05) is 35.0 Å². The minimum absolute atomic E-state index is 0.389. The summed E-state index contributed by atoms with van der Waals surface area (Å²) in [6.07, 6.45) is 0.